The van der Waals surface area contributed by atoms with Crippen LogP contribution in [0.5, 0.6) is 5.75 Å². The number of rotatable bonds is 7. The molecule has 1 fully saturated rings. The number of guanidine groups is 1. The number of nitrogens with one attached hydrogen (secondary N) is 2. The second-order valence-electron chi connectivity index (χ2n) is 6.38. The van der Waals surface area contributed by atoms with Gasteiger partial charge in [0, 0.05) is 19.6 Å². The fourth-order valence-electron chi connectivity index (χ4n) is 3.06. The number of benzene rings is 1. The van der Waals surface area contributed by atoms with Gasteiger partial charge < -0.3 is 20.3 Å². The van der Waals surface area contributed by atoms with E-state index in [0.717, 1.165) is 31.3 Å². The van der Waals surface area contributed by atoms with Gasteiger partial charge in [0.25, 0.3) is 0 Å². The molecule has 2 N–H and O–H groups in total. The van der Waals surface area contributed by atoms with Crippen LogP contribution in [0.2, 0.25) is 0 Å². The van der Waals surface area contributed by atoms with Crippen LogP contribution in [0.4, 0.5) is 0 Å². The second-order valence-corrected chi connectivity index (χ2v) is 6.38. The summed E-state index contributed by atoms with van der Waals surface area (Å²) in [5.74, 6) is 1.78. The molecular weight excluding hydrogens is 300 g/mol. The number of hydrogen-bond acceptors (Lipinski definition) is 3. The van der Waals surface area contributed by atoms with Gasteiger partial charge in [0.05, 0.1) is 13.7 Å². The maximum absolute atomic E-state index is 5.34. The quantitative estimate of drug-likeness (QED) is 0.595. The van der Waals surface area contributed by atoms with Crippen molar-refractivity contribution < 1.29 is 4.74 Å². The van der Waals surface area contributed by atoms with E-state index >= 15 is 0 Å². The largest absolute Gasteiger partial charge is 0.497 e. The molecule has 0 aromatic heterocycles. The van der Waals surface area contributed by atoms with Gasteiger partial charge in [0.15, 0.2) is 5.96 Å². The van der Waals surface area contributed by atoms with E-state index < -0.39 is 0 Å². The van der Waals surface area contributed by atoms with E-state index in [9.17, 15) is 0 Å². The van der Waals surface area contributed by atoms with Gasteiger partial charge in [0.1, 0.15) is 5.75 Å². The lowest BCUT2D eigenvalue weighted by atomic mass is 10.1. The van der Waals surface area contributed by atoms with Crippen LogP contribution in [0.15, 0.2) is 23.2 Å². The van der Waals surface area contributed by atoms with Gasteiger partial charge in [-0.1, -0.05) is 12.5 Å². The Morgan fingerprint density at radius 1 is 1.17 bits per heavy atom. The van der Waals surface area contributed by atoms with Crippen LogP contribution in [0.1, 0.15) is 37.3 Å². The van der Waals surface area contributed by atoms with Crippen LogP contribution >= 0.6 is 0 Å². The lowest BCUT2D eigenvalue weighted by molar-refractivity contribution is 0.232. The third-order valence-corrected chi connectivity index (χ3v) is 4.28. The Hall–Kier alpha value is -1.75. The zero-order chi connectivity index (χ0) is 17.2. The van der Waals surface area contributed by atoms with E-state index in [4.69, 9.17) is 9.73 Å². The van der Waals surface area contributed by atoms with Crippen LogP contribution in [0.25, 0.3) is 0 Å². The van der Waals surface area contributed by atoms with Gasteiger partial charge in [-0.05, 0) is 63.0 Å². The number of likely N-dealkylation sites (tertiary alicyclic amines) is 1. The number of nitrogens with zero attached hydrogens (tertiary/aromatic N) is 2. The lowest BCUT2D eigenvalue weighted by Gasteiger charge is -2.26. The summed E-state index contributed by atoms with van der Waals surface area (Å²) in [5.41, 5.74) is 2.36. The Bertz CT molecular complexity index is 524. The summed E-state index contributed by atoms with van der Waals surface area (Å²) < 4.78 is 5.34. The predicted octanol–water partition coefficient (Wildman–Crippen LogP) is 2.54. The van der Waals surface area contributed by atoms with Crippen molar-refractivity contribution >= 4 is 5.96 Å². The number of ether oxygens (including phenoxy) is 1. The van der Waals surface area contributed by atoms with Crippen molar-refractivity contribution in [2.24, 2.45) is 4.99 Å². The minimum absolute atomic E-state index is 0.650. The molecule has 5 heteroatoms. The third kappa shape index (κ3) is 6.40. The Morgan fingerprint density at radius 2 is 1.96 bits per heavy atom. The van der Waals surface area contributed by atoms with Gasteiger partial charge in [-0.25, -0.2) is 4.99 Å². The summed E-state index contributed by atoms with van der Waals surface area (Å²) in [7, 11) is 1.70. The standard InChI is InChI=1S/C19H32N4O/c1-4-20-19(21-8-11-23-9-6-5-7-10-23)22-15-17-12-16(2)13-18(14-17)24-3/h12-14H,4-11,15H2,1-3H3,(H2,20,21,22). The highest BCUT2D eigenvalue weighted by molar-refractivity contribution is 5.79. The van der Waals surface area contributed by atoms with Crippen LogP contribution in [0, 0.1) is 6.92 Å². The van der Waals surface area contributed by atoms with E-state index in [0.29, 0.717) is 6.54 Å². The molecule has 1 saturated heterocycles. The van der Waals surface area contributed by atoms with Crippen LogP contribution in [-0.4, -0.2) is 50.7 Å². The molecule has 1 aromatic carbocycles. The zero-order valence-corrected chi connectivity index (χ0v) is 15.4. The first-order chi connectivity index (χ1) is 11.7. The predicted molar refractivity (Wildman–Crippen MR) is 101 cm³/mol. The molecule has 0 bridgehead atoms. The Balaban J connectivity index is 1.86. The molecule has 0 radical (unpaired) electrons. The summed E-state index contributed by atoms with van der Waals surface area (Å²) in [6, 6.07) is 6.24. The van der Waals surface area contributed by atoms with Crippen LogP contribution in [0.3, 0.4) is 0 Å². The van der Waals surface area contributed by atoms with Gasteiger partial charge in [0.2, 0.25) is 0 Å². The lowest BCUT2D eigenvalue weighted by Crippen LogP contribution is -2.42. The number of piperidine rings is 1. The molecule has 1 aliphatic heterocycles. The van der Waals surface area contributed by atoms with E-state index in [1.807, 2.05) is 12.1 Å². The maximum atomic E-state index is 5.34. The molecule has 2 rings (SSSR count). The molecule has 0 saturated carbocycles. The topological polar surface area (TPSA) is 48.9 Å². The monoisotopic (exact) mass is 332 g/mol. The summed E-state index contributed by atoms with van der Waals surface area (Å²) in [6.45, 7) is 10.2. The van der Waals surface area contributed by atoms with Gasteiger partial charge >= 0.3 is 0 Å². The number of hydrogen-bond donors (Lipinski definition) is 2. The van der Waals surface area contributed by atoms with E-state index in [1.165, 1.54) is 43.5 Å². The van der Waals surface area contributed by atoms with Crippen molar-refractivity contribution in [2.75, 3.05) is 39.8 Å². The van der Waals surface area contributed by atoms with Gasteiger partial charge in [-0.15, -0.1) is 0 Å². The van der Waals surface area contributed by atoms with Gasteiger partial charge in [-0.3, -0.25) is 0 Å². The van der Waals surface area contributed by atoms with Gasteiger partial charge in [-0.2, -0.15) is 0 Å². The molecule has 0 unspecified atom stereocenters. The van der Waals surface area contributed by atoms with E-state index in [1.54, 1.807) is 7.11 Å². The summed E-state index contributed by atoms with van der Waals surface area (Å²) in [4.78, 5) is 7.24. The Morgan fingerprint density at radius 3 is 2.67 bits per heavy atom. The molecule has 24 heavy (non-hydrogen) atoms. The number of aliphatic imine (C=N–C) groups is 1. The third-order valence-electron chi connectivity index (χ3n) is 4.28. The summed E-state index contributed by atoms with van der Waals surface area (Å²) in [6.07, 6.45) is 4.06. The molecule has 0 amide bonds. The average Bonchev–Trinajstić information content (AvgIpc) is 2.60. The van der Waals surface area contributed by atoms with Crippen LogP contribution < -0.4 is 15.4 Å². The fourth-order valence-corrected chi connectivity index (χ4v) is 3.06. The molecular formula is C19H32N4O. The van der Waals surface area contributed by atoms with Crippen molar-refractivity contribution in [1.82, 2.24) is 15.5 Å². The van der Waals surface area contributed by atoms with E-state index in [-0.39, 0.29) is 0 Å². The highest BCUT2D eigenvalue weighted by Gasteiger charge is 2.09. The van der Waals surface area contributed by atoms with E-state index in [2.05, 4.69) is 35.4 Å². The zero-order valence-electron chi connectivity index (χ0n) is 15.4. The minimum atomic E-state index is 0.650. The highest BCUT2D eigenvalue weighted by atomic mass is 16.5. The summed E-state index contributed by atoms with van der Waals surface area (Å²) in [5, 5.41) is 6.77. The summed E-state index contributed by atoms with van der Waals surface area (Å²) >= 11 is 0. The van der Waals surface area contributed by atoms with Crippen molar-refractivity contribution in [3.63, 3.8) is 0 Å². The SMILES string of the molecule is CCNC(=NCc1cc(C)cc(OC)c1)NCCN1CCCCC1. The molecule has 1 heterocycles. The van der Waals surface area contributed by atoms with Crippen molar-refractivity contribution in [1.29, 1.82) is 0 Å². The smallest absolute Gasteiger partial charge is 0.191 e. The fraction of sp³-hybridized carbons (Fsp3) is 0.632. The first-order valence-electron chi connectivity index (χ1n) is 9.10. The maximum Gasteiger partial charge on any atom is 0.191 e. The molecule has 1 aromatic rings. The molecule has 134 valence electrons. The van der Waals surface area contributed by atoms with Crippen molar-refractivity contribution in [2.45, 2.75) is 39.7 Å². The molecule has 1 aliphatic rings. The molecule has 0 atom stereocenters. The first-order valence-corrected chi connectivity index (χ1v) is 9.10. The molecule has 5 nitrogen and oxygen atoms in total. The molecule has 0 aliphatic carbocycles. The van der Waals surface area contributed by atoms with Crippen LogP contribution in [-0.2, 0) is 6.54 Å². The second kappa shape index (κ2) is 10.2. The van der Waals surface area contributed by atoms with Crippen molar-refractivity contribution in [3.05, 3.63) is 29.3 Å². The Labute approximate surface area is 146 Å². The van der Waals surface area contributed by atoms with Crippen molar-refractivity contribution in [3.8, 4) is 5.75 Å². The Kier molecular flexibility index (Phi) is 7.89. The first kappa shape index (κ1) is 18.6. The normalized spacial score (nSPS) is 16.0. The highest BCUT2D eigenvalue weighted by Crippen LogP contribution is 2.17. The number of aryl methyl sites for hydroxylation is 1. The molecule has 0 spiro atoms. The average molecular weight is 332 g/mol. The number of methoxy groups -OCH3 is 1. The minimum Gasteiger partial charge on any atom is -0.497 e.